The summed E-state index contributed by atoms with van der Waals surface area (Å²) in [6.45, 7) is 7.46. The van der Waals surface area contributed by atoms with Crippen molar-refractivity contribution in [2.24, 2.45) is 0 Å². The molecule has 0 saturated carbocycles. The van der Waals surface area contributed by atoms with Crippen molar-refractivity contribution in [1.82, 2.24) is 0 Å². The van der Waals surface area contributed by atoms with Crippen molar-refractivity contribution in [2.45, 2.75) is 0 Å². The molecule has 9 rings (SSSR count). The Hall–Kier alpha value is -7.00. The molecule has 9 aromatic rings. The molecule has 0 atom stereocenters. The first kappa shape index (κ1) is 29.2. The summed E-state index contributed by atoms with van der Waals surface area (Å²) in [5.74, 6) is 0. The van der Waals surface area contributed by atoms with Crippen LogP contribution in [0.1, 0.15) is 5.56 Å². The number of fused-ring (bicyclic) bond motifs is 8. The fourth-order valence-electron chi connectivity index (χ4n) is 7.50. The Labute approximate surface area is 290 Å². The lowest BCUT2D eigenvalue weighted by Gasteiger charge is -2.17. The molecule has 0 unspecified atom stereocenters. The van der Waals surface area contributed by atoms with Gasteiger partial charge < -0.3 is 0 Å². The smallest absolute Gasteiger partial charge is 0.187 e. The van der Waals surface area contributed by atoms with E-state index in [9.17, 15) is 5.26 Å². The van der Waals surface area contributed by atoms with Crippen LogP contribution in [0.4, 0.5) is 5.69 Å². The van der Waals surface area contributed by atoms with Crippen LogP contribution in [0.15, 0.2) is 170 Å². The van der Waals surface area contributed by atoms with Crippen LogP contribution in [0.25, 0.3) is 92.4 Å². The average molecular weight is 633 g/mol. The monoisotopic (exact) mass is 632 g/mol. The normalized spacial score (nSPS) is 11.2. The zero-order valence-electron chi connectivity index (χ0n) is 27.1. The van der Waals surface area contributed by atoms with Crippen LogP contribution in [0.3, 0.4) is 0 Å². The number of hydrogen-bond donors (Lipinski definition) is 0. The molecule has 0 radical (unpaired) electrons. The molecule has 2 heteroatoms. The van der Waals surface area contributed by atoms with Crippen molar-refractivity contribution in [3.05, 3.63) is 187 Å². The van der Waals surface area contributed by atoms with E-state index in [0.29, 0.717) is 11.3 Å². The van der Waals surface area contributed by atoms with Gasteiger partial charge in [0.1, 0.15) is 0 Å². The first-order valence-corrected chi connectivity index (χ1v) is 16.7. The molecule has 0 fully saturated rings. The molecule has 9 aromatic carbocycles. The van der Waals surface area contributed by atoms with Crippen LogP contribution in [0, 0.1) is 17.9 Å². The highest BCUT2D eigenvalue weighted by Crippen LogP contribution is 2.44. The number of rotatable bonds is 4. The van der Waals surface area contributed by atoms with Gasteiger partial charge in [-0.2, -0.15) is 5.26 Å². The highest BCUT2D eigenvalue weighted by molar-refractivity contribution is 6.33. The van der Waals surface area contributed by atoms with E-state index in [1.165, 1.54) is 48.7 Å². The van der Waals surface area contributed by atoms with Gasteiger partial charge in [-0.1, -0.05) is 127 Å². The van der Waals surface area contributed by atoms with E-state index in [1.54, 1.807) is 0 Å². The minimum Gasteiger partial charge on any atom is -0.238 e. The molecule has 0 aliphatic carbocycles. The van der Waals surface area contributed by atoms with Gasteiger partial charge in [0.15, 0.2) is 5.69 Å². The van der Waals surface area contributed by atoms with Crippen LogP contribution in [-0.4, -0.2) is 0 Å². The SMILES string of the molecule is [C-]#[N+]c1cccc(-c2cccc(-c3ccc4c(c3)c3ccccc3c3cc(-c5cccc(-c6cccc(C#N)c6)c5)c5ccccc5c43)c2)c1. The maximum absolute atomic E-state index is 9.51. The molecule has 0 aliphatic rings. The molecule has 0 amide bonds. The standard InChI is InChI=1S/C48H28N2/c1-50-39-17-9-15-36(27-39)33-12-7-13-34(25-33)37-22-23-44-46(28-37)40-18-2-3-19-41(40)47-29-45(42-20-4-5-21-43(42)48(44)47)38-16-8-14-35(26-38)32-11-6-10-31(24-32)30-49/h2-29H. The first-order chi connectivity index (χ1) is 24.7. The maximum Gasteiger partial charge on any atom is 0.187 e. The lowest BCUT2D eigenvalue weighted by atomic mass is 9.86. The van der Waals surface area contributed by atoms with Gasteiger partial charge in [-0.3, -0.25) is 0 Å². The molecule has 0 N–H and O–H groups in total. The van der Waals surface area contributed by atoms with E-state index in [2.05, 4.69) is 144 Å². The van der Waals surface area contributed by atoms with E-state index < -0.39 is 0 Å². The van der Waals surface area contributed by atoms with E-state index in [1.807, 2.05) is 36.4 Å². The lowest BCUT2D eigenvalue weighted by Crippen LogP contribution is -1.90. The second-order valence-corrected chi connectivity index (χ2v) is 12.7. The topological polar surface area (TPSA) is 28.1 Å². The van der Waals surface area contributed by atoms with Gasteiger partial charge in [0, 0.05) is 0 Å². The van der Waals surface area contributed by atoms with Gasteiger partial charge in [-0.25, -0.2) is 4.85 Å². The predicted molar refractivity (Wildman–Crippen MR) is 209 cm³/mol. The first-order valence-electron chi connectivity index (χ1n) is 16.7. The van der Waals surface area contributed by atoms with Gasteiger partial charge in [0.05, 0.1) is 18.2 Å². The summed E-state index contributed by atoms with van der Waals surface area (Å²) in [7, 11) is 0. The fourth-order valence-corrected chi connectivity index (χ4v) is 7.50. The van der Waals surface area contributed by atoms with Gasteiger partial charge in [-0.15, -0.1) is 0 Å². The summed E-state index contributed by atoms with van der Waals surface area (Å²) in [5.41, 5.74) is 10.2. The third kappa shape index (κ3) is 4.88. The van der Waals surface area contributed by atoms with Gasteiger partial charge >= 0.3 is 0 Å². The second kappa shape index (κ2) is 11.9. The fraction of sp³-hybridized carbons (Fsp3) is 0. The highest BCUT2D eigenvalue weighted by atomic mass is 14.6. The van der Waals surface area contributed by atoms with Crippen molar-refractivity contribution in [3.8, 4) is 50.6 Å². The summed E-state index contributed by atoms with van der Waals surface area (Å²) in [5, 5.41) is 19.3. The van der Waals surface area contributed by atoms with Crippen molar-refractivity contribution in [3.63, 3.8) is 0 Å². The van der Waals surface area contributed by atoms with Crippen molar-refractivity contribution < 1.29 is 0 Å². The van der Waals surface area contributed by atoms with Crippen LogP contribution in [0.2, 0.25) is 0 Å². The Bertz CT molecular complexity index is 2900. The molecular weight excluding hydrogens is 605 g/mol. The summed E-state index contributed by atoms with van der Waals surface area (Å²) >= 11 is 0. The molecule has 0 aliphatic heterocycles. The molecule has 0 aromatic heterocycles. The maximum atomic E-state index is 9.51. The summed E-state index contributed by atoms with van der Waals surface area (Å²) < 4.78 is 0. The van der Waals surface area contributed by atoms with Crippen LogP contribution >= 0.6 is 0 Å². The molecule has 2 nitrogen and oxygen atoms in total. The average Bonchev–Trinajstić information content (AvgIpc) is 3.20. The quantitative estimate of drug-likeness (QED) is 0.140. The van der Waals surface area contributed by atoms with Crippen molar-refractivity contribution in [1.29, 1.82) is 5.26 Å². The number of hydrogen-bond acceptors (Lipinski definition) is 1. The minimum atomic E-state index is 0.644. The van der Waals surface area contributed by atoms with Crippen LogP contribution < -0.4 is 0 Å². The number of benzene rings is 9. The van der Waals surface area contributed by atoms with E-state index in [0.717, 1.165) is 38.9 Å². The van der Waals surface area contributed by atoms with Gasteiger partial charge in [0.2, 0.25) is 0 Å². The predicted octanol–water partition coefficient (Wildman–Crippen LogP) is 13.4. The Morgan fingerprint density at radius 1 is 0.380 bits per heavy atom. The Kier molecular flexibility index (Phi) is 6.95. The number of nitrogens with zero attached hydrogens (tertiary/aromatic N) is 2. The van der Waals surface area contributed by atoms with E-state index >= 15 is 0 Å². The highest BCUT2D eigenvalue weighted by Gasteiger charge is 2.16. The lowest BCUT2D eigenvalue weighted by molar-refractivity contribution is 1.48. The molecule has 50 heavy (non-hydrogen) atoms. The molecular formula is C48H28N2. The van der Waals surface area contributed by atoms with Crippen LogP contribution in [-0.2, 0) is 0 Å². The Morgan fingerprint density at radius 3 is 1.60 bits per heavy atom. The Morgan fingerprint density at radius 2 is 0.900 bits per heavy atom. The summed E-state index contributed by atoms with van der Waals surface area (Å²) in [4.78, 5) is 3.63. The Balaban J connectivity index is 1.27. The third-order valence-electron chi connectivity index (χ3n) is 9.84. The summed E-state index contributed by atoms with van der Waals surface area (Å²) in [6, 6.07) is 61.9. The number of nitriles is 1. The zero-order chi connectivity index (χ0) is 33.6. The van der Waals surface area contributed by atoms with E-state index in [-0.39, 0.29) is 0 Å². The largest absolute Gasteiger partial charge is 0.238 e. The molecule has 0 heterocycles. The van der Waals surface area contributed by atoms with Crippen molar-refractivity contribution in [2.75, 3.05) is 0 Å². The summed E-state index contributed by atoms with van der Waals surface area (Å²) in [6.07, 6.45) is 0. The molecule has 0 saturated heterocycles. The van der Waals surface area contributed by atoms with Crippen molar-refractivity contribution >= 4 is 48.8 Å². The van der Waals surface area contributed by atoms with E-state index in [4.69, 9.17) is 6.57 Å². The molecule has 0 spiro atoms. The molecule has 0 bridgehead atoms. The van der Waals surface area contributed by atoms with Gasteiger partial charge in [-0.05, 0) is 130 Å². The third-order valence-corrected chi connectivity index (χ3v) is 9.84. The van der Waals surface area contributed by atoms with Gasteiger partial charge in [0.25, 0.3) is 0 Å². The molecule has 230 valence electrons. The zero-order valence-corrected chi connectivity index (χ0v) is 27.1. The minimum absolute atomic E-state index is 0.644. The van der Waals surface area contributed by atoms with Crippen LogP contribution in [0.5, 0.6) is 0 Å². The second-order valence-electron chi connectivity index (χ2n) is 12.7.